The van der Waals surface area contributed by atoms with E-state index < -0.39 is 69.2 Å². The standard InChI is InChI=1S/C52H56N6O14S/c1-31(2)35-13-9-11-15-37(35)45-33(19-23-43(59)55-27-25-53(51(63)71-7)29-39(55)49(61)69-5)17-21-41(47(45)57(65)66)73-42-22-18-34(46(48(42)58(67)68)38-16-12-10-14-36(38)32(3)4)20-24-44(60)56-28-26-54(52(64)72-8)30-40(56)50(62)70-6/h9-24,31-32,39-40H,25-30H2,1-8H3/b23-19+,24-20+. The van der Waals surface area contributed by atoms with Gasteiger partial charge in [0.15, 0.2) is 0 Å². The maximum Gasteiger partial charge on any atom is 0.409 e. The Hall–Kier alpha value is -8.07. The van der Waals surface area contributed by atoms with Gasteiger partial charge >= 0.3 is 24.1 Å². The van der Waals surface area contributed by atoms with Gasteiger partial charge in [0.1, 0.15) is 12.1 Å². The zero-order chi connectivity index (χ0) is 53.3. The highest BCUT2D eigenvalue weighted by Crippen LogP contribution is 2.50. The van der Waals surface area contributed by atoms with Crippen molar-refractivity contribution in [2.24, 2.45) is 0 Å². The second-order valence-corrected chi connectivity index (χ2v) is 18.6. The molecule has 4 aromatic carbocycles. The summed E-state index contributed by atoms with van der Waals surface area (Å²) in [5, 5.41) is 27.1. The minimum atomic E-state index is -1.17. The lowest BCUT2D eigenvalue weighted by atomic mass is 9.89. The Balaban J connectivity index is 1.50. The number of nitrogens with zero attached hydrogens (tertiary/aromatic N) is 6. The normalized spacial score (nSPS) is 16.0. The molecule has 73 heavy (non-hydrogen) atoms. The van der Waals surface area contributed by atoms with Crippen molar-refractivity contribution in [3.63, 3.8) is 0 Å². The number of benzene rings is 4. The second-order valence-electron chi connectivity index (χ2n) is 17.5. The first-order valence-electron chi connectivity index (χ1n) is 23.1. The minimum absolute atomic E-state index is 0.0383. The van der Waals surface area contributed by atoms with Crippen molar-refractivity contribution in [1.82, 2.24) is 19.6 Å². The third-order valence-electron chi connectivity index (χ3n) is 12.6. The Bertz CT molecular complexity index is 2690. The number of esters is 2. The van der Waals surface area contributed by atoms with Crippen molar-refractivity contribution in [1.29, 1.82) is 0 Å². The Morgan fingerprint density at radius 1 is 0.562 bits per heavy atom. The molecule has 0 N–H and O–H groups in total. The van der Waals surface area contributed by atoms with Crippen LogP contribution in [-0.4, -0.2) is 145 Å². The summed E-state index contributed by atoms with van der Waals surface area (Å²) in [6, 6.07) is 17.9. The Labute approximate surface area is 425 Å². The van der Waals surface area contributed by atoms with Crippen molar-refractivity contribution in [3.8, 4) is 22.3 Å². The Morgan fingerprint density at radius 3 is 1.26 bits per heavy atom. The first kappa shape index (κ1) is 54.3. The van der Waals surface area contributed by atoms with Crippen LogP contribution in [0.2, 0.25) is 0 Å². The summed E-state index contributed by atoms with van der Waals surface area (Å²) in [6.45, 7) is 7.35. The predicted octanol–water partition coefficient (Wildman–Crippen LogP) is 8.17. The molecule has 0 radical (unpaired) electrons. The van der Waals surface area contributed by atoms with Crippen LogP contribution in [0, 0.1) is 20.2 Å². The maximum atomic E-state index is 13.9. The lowest BCUT2D eigenvalue weighted by Crippen LogP contribution is -2.59. The van der Waals surface area contributed by atoms with Gasteiger partial charge in [0.05, 0.1) is 72.3 Å². The van der Waals surface area contributed by atoms with Crippen LogP contribution in [0.1, 0.15) is 61.8 Å². The number of carbonyl (C=O) groups excluding carboxylic acids is 6. The molecule has 0 bridgehead atoms. The number of carbonyl (C=O) groups is 6. The molecule has 21 heteroatoms. The molecule has 2 aliphatic rings. The van der Waals surface area contributed by atoms with Crippen LogP contribution in [0.3, 0.4) is 0 Å². The van der Waals surface area contributed by atoms with Crippen LogP contribution in [-0.2, 0) is 38.1 Å². The van der Waals surface area contributed by atoms with Gasteiger partial charge in [0.25, 0.3) is 11.4 Å². The van der Waals surface area contributed by atoms with E-state index in [1.54, 1.807) is 48.5 Å². The molecule has 2 fully saturated rings. The molecular formula is C52H56N6O14S. The number of amides is 4. The molecule has 4 amide bonds. The molecule has 0 aromatic heterocycles. The molecule has 20 nitrogen and oxygen atoms in total. The number of hydrogen-bond acceptors (Lipinski definition) is 15. The average molecular weight is 1020 g/mol. The third kappa shape index (κ3) is 11.8. The number of piperazine rings is 2. The Morgan fingerprint density at radius 2 is 0.932 bits per heavy atom. The molecule has 2 unspecified atom stereocenters. The number of hydrogen-bond donors (Lipinski definition) is 0. The van der Waals surface area contributed by atoms with Crippen LogP contribution in [0.25, 0.3) is 34.4 Å². The quantitative estimate of drug-likeness (QED) is 0.0381. The SMILES string of the molecule is COC(=O)C1CN(C(=O)OC)CCN1C(=O)/C=C/c1ccc(Sc2ccc(/C=C/C(=O)N3CCN(C(=O)OC)CC3C(=O)OC)c(-c3ccccc3C(C)C)c2[N+](=O)[O-])c([N+](=O)[O-])c1-c1ccccc1C(C)C. The summed E-state index contributed by atoms with van der Waals surface area (Å²) in [5.41, 5.74) is 2.42. The largest absolute Gasteiger partial charge is 0.467 e. The van der Waals surface area contributed by atoms with E-state index in [-0.39, 0.29) is 83.1 Å². The van der Waals surface area contributed by atoms with E-state index in [2.05, 4.69) is 0 Å². The molecule has 6 rings (SSSR count). The molecule has 4 aromatic rings. The van der Waals surface area contributed by atoms with Gasteiger partial charge in [-0.25, -0.2) is 19.2 Å². The smallest absolute Gasteiger partial charge is 0.409 e. The van der Waals surface area contributed by atoms with E-state index in [1.165, 1.54) is 70.3 Å². The van der Waals surface area contributed by atoms with Gasteiger partial charge in [0, 0.05) is 38.3 Å². The summed E-state index contributed by atoms with van der Waals surface area (Å²) < 4.78 is 19.6. The fourth-order valence-corrected chi connectivity index (χ4v) is 10.0. The topological polar surface area (TPSA) is 239 Å². The predicted molar refractivity (Wildman–Crippen MR) is 270 cm³/mol. The Kier molecular flexibility index (Phi) is 17.8. The van der Waals surface area contributed by atoms with E-state index in [4.69, 9.17) is 18.9 Å². The van der Waals surface area contributed by atoms with E-state index in [0.717, 1.165) is 37.1 Å². The van der Waals surface area contributed by atoms with Crippen LogP contribution in [0.4, 0.5) is 21.0 Å². The first-order chi connectivity index (χ1) is 34.9. The van der Waals surface area contributed by atoms with E-state index >= 15 is 0 Å². The first-order valence-corrected chi connectivity index (χ1v) is 24.0. The van der Waals surface area contributed by atoms with Crippen molar-refractivity contribution in [2.75, 3.05) is 67.7 Å². The highest BCUT2D eigenvalue weighted by Gasteiger charge is 2.39. The van der Waals surface area contributed by atoms with Gasteiger partial charge in [-0.15, -0.1) is 0 Å². The van der Waals surface area contributed by atoms with E-state index in [1.807, 2.05) is 39.8 Å². The maximum absolute atomic E-state index is 13.9. The summed E-state index contributed by atoms with van der Waals surface area (Å²) in [4.78, 5) is 109. The van der Waals surface area contributed by atoms with Gasteiger partial charge < -0.3 is 38.5 Å². The van der Waals surface area contributed by atoms with Crippen LogP contribution in [0.5, 0.6) is 0 Å². The number of nitro benzene ring substituents is 2. The molecule has 0 spiro atoms. The van der Waals surface area contributed by atoms with E-state index in [0.29, 0.717) is 11.1 Å². The lowest BCUT2D eigenvalue weighted by molar-refractivity contribution is -0.387. The minimum Gasteiger partial charge on any atom is -0.467 e. The molecule has 384 valence electrons. The van der Waals surface area contributed by atoms with Crippen molar-refractivity contribution in [3.05, 3.63) is 127 Å². The molecular weight excluding hydrogens is 965 g/mol. The van der Waals surface area contributed by atoms with Crippen LogP contribution in [0.15, 0.2) is 94.7 Å². The van der Waals surface area contributed by atoms with Crippen LogP contribution >= 0.6 is 11.8 Å². The van der Waals surface area contributed by atoms with Crippen molar-refractivity contribution in [2.45, 2.75) is 61.4 Å². The number of ether oxygens (including phenoxy) is 4. The third-order valence-corrected chi connectivity index (χ3v) is 13.7. The van der Waals surface area contributed by atoms with Gasteiger partial charge in [0.2, 0.25) is 11.8 Å². The number of methoxy groups -OCH3 is 4. The zero-order valence-corrected chi connectivity index (χ0v) is 42.4. The summed E-state index contributed by atoms with van der Waals surface area (Å²) in [6.07, 6.45) is 3.84. The van der Waals surface area contributed by atoms with Gasteiger partial charge in [-0.05, 0) is 69.5 Å². The van der Waals surface area contributed by atoms with Crippen molar-refractivity contribution >= 4 is 71.2 Å². The fraction of sp³-hybridized carbons (Fsp3) is 0.346. The fourth-order valence-electron chi connectivity index (χ4n) is 8.99. The highest BCUT2D eigenvalue weighted by molar-refractivity contribution is 7.99. The molecule has 2 saturated heterocycles. The summed E-state index contributed by atoms with van der Waals surface area (Å²) >= 11 is 0.806. The average Bonchev–Trinajstić information content (AvgIpc) is 3.40. The number of rotatable bonds is 14. The summed E-state index contributed by atoms with van der Waals surface area (Å²) in [5.74, 6) is -3.05. The summed E-state index contributed by atoms with van der Waals surface area (Å²) in [7, 11) is 4.72. The van der Waals surface area contributed by atoms with Crippen LogP contribution < -0.4 is 0 Å². The van der Waals surface area contributed by atoms with E-state index in [9.17, 15) is 49.0 Å². The molecule has 0 aliphatic carbocycles. The zero-order valence-electron chi connectivity index (χ0n) is 41.6. The highest BCUT2D eigenvalue weighted by atomic mass is 32.2. The molecule has 2 heterocycles. The molecule has 2 aliphatic heterocycles. The second kappa shape index (κ2) is 23.9. The molecule has 2 atom stereocenters. The molecule has 0 saturated carbocycles. The number of nitro groups is 2. The van der Waals surface area contributed by atoms with Gasteiger partial charge in [-0.1, -0.05) is 100 Å². The van der Waals surface area contributed by atoms with Crippen molar-refractivity contribution < 1.29 is 57.6 Å². The van der Waals surface area contributed by atoms with Gasteiger partial charge in [-0.2, -0.15) is 0 Å². The lowest BCUT2D eigenvalue weighted by Gasteiger charge is -2.38. The van der Waals surface area contributed by atoms with Gasteiger partial charge in [-0.3, -0.25) is 29.8 Å². The monoisotopic (exact) mass is 1020 g/mol.